The SMILES string of the molecule is O=C(c1cccs1)[C@H]1[C@H](c2cccnc2)C2(C(=O)c3ccccc3C2=O)[C@@H]2C=Cc3cc(Cl)ccc3N21. The molecule has 1 saturated heterocycles. The van der Waals surface area contributed by atoms with Crippen LogP contribution >= 0.6 is 22.9 Å². The lowest BCUT2D eigenvalue weighted by Crippen LogP contribution is -2.48. The van der Waals surface area contributed by atoms with E-state index < -0.39 is 23.4 Å². The summed E-state index contributed by atoms with van der Waals surface area (Å²) in [5, 5.41) is 2.43. The van der Waals surface area contributed by atoms with Crippen molar-refractivity contribution in [2.75, 3.05) is 4.90 Å². The van der Waals surface area contributed by atoms with Gasteiger partial charge in [-0.3, -0.25) is 19.4 Å². The van der Waals surface area contributed by atoms with E-state index in [1.807, 2.05) is 46.7 Å². The molecule has 3 atom stereocenters. The van der Waals surface area contributed by atoms with Crippen LogP contribution in [0.2, 0.25) is 5.02 Å². The minimum atomic E-state index is -1.52. The van der Waals surface area contributed by atoms with Crippen LogP contribution in [-0.2, 0) is 0 Å². The van der Waals surface area contributed by atoms with Crippen molar-refractivity contribution in [1.29, 1.82) is 0 Å². The van der Waals surface area contributed by atoms with Crippen molar-refractivity contribution in [3.63, 3.8) is 0 Å². The highest BCUT2D eigenvalue weighted by Crippen LogP contribution is 2.61. The maximum atomic E-state index is 14.5. The standard InChI is InChI=1S/C30H19ClN2O3S/c31-19-10-11-22-17(15-19)9-12-24-30(28(35)20-6-1-2-7-21(20)29(30)36)25(18-5-3-13-32-16-18)26(33(22)24)27(34)23-8-4-14-37-23/h1-16,24-26H/t24-,25-,26+/m0/s1. The Morgan fingerprint density at radius 1 is 0.973 bits per heavy atom. The van der Waals surface area contributed by atoms with Crippen LogP contribution in [0.4, 0.5) is 5.69 Å². The van der Waals surface area contributed by atoms with Crippen LogP contribution in [0.1, 0.15) is 47.4 Å². The largest absolute Gasteiger partial charge is 0.352 e. The monoisotopic (exact) mass is 522 g/mol. The maximum Gasteiger partial charge on any atom is 0.195 e. The molecule has 2 aliphatic heterocycles. The van der Waals surface area contributed by atoms with Gasteiger partial charge >= 0.3 is 0 Å². The molecule has 4 aromatic rings. The molecule has 1 spiro atoms. The van der Waals surface area contributed by atoms with Crippen LogP contribution < -0.4 is 4.90 Å². The normalized spacial score (nSPS) is 22.7. The summed E-state index contributed by atoms with van der Waals surface area (Å²) in [5.74, 6) is -1.38. The van der Waals surface area contributed by atoms with E-state index in [2.05, 4.69) is 4.98 Å². The Morgan fingerprint density at radius 2 is 1.76 bits per heavy atom. The molecule has 3 aliphatic rings. The lowest BCUT2D eigenvalue weighted by Gasteiger charge is -2.37. The predicted molar refractivity (Wildman–Crippen MR) is 144 cm³/mol. The third-order valence-corrected chi connectivity index (χ3v) is 8.96. The Kier molecular flexibility index (Phi) is 4.87. The predicted octanol–water partition coefficient (Wildman–Crippen LogP) is 6.11. The van der Waals surface area contributed by atoms with E-state index in [-0.39, 0.29) is 17.3 Å². The molecule has 37 heavy (non-hydrogen) atoms. The number of anilines is 1. The zero-order valence-corrected chi connectivity index (χ0v) is 20.9. The fourth-order valence-corrected chi connectivity index (χ4v) is 7.32. The first-order valence-electron chi connectivity index (χ1n) is 12.0. The second-order valence-electron chi connectivity index (χ2n) is 9.54. The smallest absolute Gasteiger partial charge is 0.195 e. The number of rotatable bonds is 3. The van der Waals surface area contributed by atoms with Crippen molar-refractivity contribution in [2.45, 2.75) is 18.0 Å². The van der Waals surface area contributed by atoms with E-state index in [0.29, 0.717) is 26.6 Å². The highest BCUT2D eigenvalue weighted by atomic mass is 35.5. The molecule has 1 fully saturated rings. The van der Waals surface area contributed by atoms with Gasteiger partial charge in [-0.1, -0.05) is 60.2 Å². The van der Waals surface area contributed by atoms with Crippen molar-refractivity contribution in [2.24, 2.45) is 5.41 Å². The van der Waals surface area contributed by atoms with Crippen LogP contribution in [-0.4, -0.2) is 34.4 Å². The lowest BCUT2D eigenvalue weighted by atomic mass is 9.64. The minimum absolute atomic E-state index is 0.126. The van der Waals surface area contributed by atoms with Gasteiger partial charge in [0.25, 0.3) is 0 Å². The molecule has 0 bridgehead atoms. The third kappa shape index (κ3) is 2.91. The molecule has 2 aromatic carbocycles. The van der Waals surface area contributed by atoms with Gasteiger partial charge in [-0.15, -0.1) is 11.3 Å². The highest BCUT2D eigenvalue weighted by Gasteiger charge is 2.71. The summed E-state index contributed by atoms with van der Waals surface area (Å²) in [5.41, 5.74) is 1.59. The first-order chi connectivity index (χ1) is 18.0. The molecular weight excluding hydrogens is 504 g/mol. The third-order valence-electron chi connectivity index (χ3n) is 7.84. The van der Waals surface area contributed by atoms with Gasteiger partial charge in [0.1, 0.15) is 11.5 Å². The van der Waals surface area contributed by atoms with Gasteiger partial charge in [0.05, 0.1) is 10.9 Å². The summed E-state index contributed by atoms with van der Waals surface area (Å²) < 4.78 is 0. The Bertz CT molecular complexity index is 1590. The summed E-state index contributed by atoms with van der Waals surface area (Å²) in [6, 6.07) is 18.3. The molecule has 7 rings (SSSR count). The number of aromatic nitrogens is 1. The van der Waals surface area contributed by atoms with Crippen LogP contribution in [0.15, 0.2) is 90.6 Å². The number of carbonyl (C=O) groups excluding carboxylic acids is 3. The zero-order valence-electron chi connectivity index (χ0n) is 19.4. The fourth-order valence-electron chi connectivity index (χ4n) is 6.45. The molecule has 1 aliphatic carbocycles. The highest BCUT2D eigenvalue weighted by molar-refractivity contribution is 7.12. The second kappa shape index (κ2) is 8.07. The summed E-state index contributed by atoms with van der Waals surface area (Å²) in [6.07, 6.45) is 7.13. The van der Waals surface area contributed by atoms with E-state index in [1.165, 1.54) is 11.3 Å². The molecule has 0 N–H and O–H groups in total. The maximum absolute atomic E-state index is 14.5. The number of hydrogen-bond donors (Lipinski definition) is 0. The van der Waals surface area contributed by atoms with Crippen LogP contribution in [0.3, 0.4) is 0 Å². The van der Waals surface area contributed by atoms with E-state index in [0.717, 1.165) is 11.3 Å². The zero-order chi connectivity index (χ0) is 25.3. The number of hydrogen-bond acceptors (Lipinski definition) is 6. The summed E-state index contributed by atoms with van der Waals surface area (Å²) >= 11 is 7.68. The number of Topliss-reactive ketones (excluding diaryl/α,β-unsaturated/α-hetero) is 3. The molecule has 2 aromatic heterocycles. The molecule has 0 saturated carbocycles. The average molecular weight is 523 g/mol. The second-order valence-corrected chi connectivity index (χ2v) is 10.9. The number of thiophene rings is 1. The van der Waals surface area contributed by atoms with Crippen LogP contribution in [0.5, 0.6) is 0 Å². The topological polar surface area (TPSA) is 67.3 Å². The molecule has 7 heteroatoms. The number of carbonyl (C=O) groups is 3. The molecule has 180 valence electrons. The molecule has 0 unspecified atom stereocenters. The van der Waals surface area contributed by atoms with Crippen molar-refractivity contribution in [3.05, 3.63) is 123 Å². The number of benzene rings is 2. The molecule has 0 radical (unpaired) electrons. The molecular formula is C30H19ClN2O3S. The van der Waals surface area contributed by atoms with E-state index in [9.17, 15) is 14.4 Å². The van der Waals surface area contributed by atoms with Gasteiger partial charge in [-0.05, 0) is 46.8 Å². The number of pyridine rings is 1. The molecule has 4 heterocycles. The summed E-state index contributed by atoms with van der Waals surface area (Å²) in [4.78, 5) is 50.1. The first-order valence-corrected chi connectivity index (χ1v) is 13.2. The fraction of sp³-hybridized carbons (Fsp3) is 0.133. The van der Waals surface area contributed by atoms with Crippen molar-refractivity contribution < 1.29 is 14.4 Å². The Balaban J connectivity index is 1.56. The van der Waals surface area contributed by atoms with Crippen molar-refractivity contribution in [1.82, 2.24) is 4.98 Å². The molecule has 5 nitrogen and oxygen atoms in total. The van der Waals surface area contributed by atoms with E-state index in [4.69, 9.17) is 11.6 Å². The number of fused-ring (bicyclic) bond motifs is 5. The number of halogens is 1. The Morgan fingerprint density at radius 3 is 2.43 bits per heavy atom. The van der Waals surface area contributed by atoms with Gasteiger partial charge in [-0.25, -0.2) is 0 Å². The van der Waals surface area contributed by atoms with Crippen molar-refractivity contribution in [3.8, 4) is 0 Å². The van der Waals surface area contributed by atoms with Gasteiger partial charge < -0.3 is 4.90 Å². The Hall–Kier alpha value is -3.87. The number of nitrogens with zero attached hydrogens (tertiary/aromatic N) is 2. The minimum Gasteiger partial charge on any atom is -0.352 e. The first kappa shape index (κ1) is 22.3. The van der Waals surface area contributed by atoms with E-state index in [1.54, 1.807) is 54.9 Å². The van der Waals surface area contributed by atoms with Gasteiger partial charge in [0.15, 0.2) is 17.3 Å². The van der Waals surface area contributed by atoms with Crippen LogP contribution in [0.25, 0.3) is 6.08 Å². The van der Waals surface area contributed by atoms with Gasteiger partial charge in [0, 0.05) is 40.1 Å². The van der Waals surface area contributed by atoms with E-state index >= 15 is 0 Å². The summed E-state index contributed by atoms with van der Waals surface area (Å²) in [7, 11) is 0. The van der Waals surface area contributed by atoms with Crippen LogP contribution in [0, 0.1) is 5.41 Å². The van der Waals surface area contributed by atoms with Gasteiger partial charge in [-0.2, -0.15) is 0 Å². The molecule has 0 amide bonds. The Labute approximate surface area is 222 Å². The summed E-state index contributed by atoms with van der Waals surface area (Å²) in [6.45, 7) is 0. The van der Waals surface area contributed by atoms with Crippen molar-refractivity contribution >= 4 is 52.1 Å². The average Bonchev–Trinajstić information content (AvgIpc) is 3.62. The quantitative estimate of drug-likeness (QED) is 0.240. The lowest BCUT2D eigenvalue weighted by molar-refractivity contribution is 0.0666. The number of ketones is 3. The van der Waals surface area contributed by atoms with Gasteiger partial charge in [0.2, 0.25) is 0 Å².